The fourth-order valence-electron chi connectivity index (χ4n) is 5.67. The average Bonchev–Trinajstić information content (AvgIpc) is 2.86. The highest BCUT2D eigenvalue weighted by atomic mass is 16.5. The quantitative estimate of drug-likeness (QED) is 0.218. The molecule has 1 aliphatic heterocycles. The summed E-state index contributed by atoms with van der Waals surface area (Å²) in [5.41, 5.74) is 2.09. The molecule has 5 heteroatoms. The Hall–Kier alpha value is -2.69. The summed E-state index contributed by atoms with van der Waals surface area (Å²) in [6.07, 6.45) is 12.7. The van der Waals surface area contributed by atoms with E-state index in [9.17, 15) is 20.1 Å². The Morgan fingerprint density at radius 1 is 0.917 bits per heavy atom. The number of phenols is 2. The Morgan fingerprint density at radius 2 is 1.53 bits per heavy atom. The molecule has 0 aromatic heterocycles. The Labute approximate surface area is 216 Å². The molecule has 0 saturated carbocycles. The molecule has 3 unspecified atom stereocenters. The molecule has 1 heterocycles. The molecule has 3 atom stereocenters. The maximum absolute atomic E-state index is 11.4. The number of hydrogen-bond donors (Lipinski definition) is 3. The zero-order chi connectivity index (χ0) is 26.0. The number of fused-ring (bicyclic) bond motifs is 1. The third kappa shape index (κ3) is 7.41. The highest BCUT2D eigenvalue weighted by Gasteiger charge is 2.42. The van der Waals surface area contributed by atoms with E-state index in [0.29, 0.717) is 6.61 Å². The summed E-state index contributed by atoms with van der Waals surface area (Å²) in [4.78, 5) is 11.4. The van der Waals surface area contributed by atoms with Crippen molar-refractivity contribution < 1.29 is 24.9 Å². The number of carbonyl (C=O) groups is 1. The topological polar surface area (TPSA) is 87.0 Å². The lowest BCUT2D eigenvalue weighted by molar-refractivity contribution is -0.142. The second-order valence-corrected chi connectivity index (χ2v) is 10.8. The van der Waals surface area contributed by atoms with Gasteiger partial charge >= 0.3 is 5.97 Å². The molecular weight excluding hydrogens is 452 g/mol. The van der Waals surface area contributed by atoms with Crippen LogP contribution in [0.2, 0.25) is 0 Å². The van der Waals surface area contributed by atoms with Crippen LogP contribution in [0.4, 0.5) is 0 Å². The molecule has 0 fully saturated rings. The van der Waals surface area contributed by atoms with Gasteiger partial charge in [0.2, 0.25) is 0 Å². The minimum Gasteiger partial charge on any atom is -0.508 e. The molecule has 0 amide bonds. The normalized spacial score (nSPS) is 19.9. The zero-order valence-electron chi connectivity index (χ0n) is 22.0. The van der Waals surface area contributed by atoms with E-state index in [1.165, 1.54) is 25.7 Å². The number of carboxylic acid groups (broad SMARTS) is 1. The van der Waals surface area contributed by atoms with E-state index >= 15 is 0 Å². The summed E-state index contributed by atoms with van der Waals surface area (Å²) in [7, 11) is 0. The lowest BCUT2D eigenvalue weighted by Crippen LogP contribution is -2.40. The van der Waals surface area contributed by atoms with Crippen LogP contribution in [0.3, 0.4) is 0 Å². The van der Waals surface area contributed by atoms with Crippen LogP contribution >= 0.6 is 0 Å². The SMILES string of the molecule is CCCCC(CCCCCCCCCC1c2ccc(O)cc2OCC1(C)c1ccc(O)cc1)C(=O)O. The summed E-state index contributed by atoms with van der Waals surface area (Å²) < 4.78 is 6.11. The van der Waals surface area contributed by atoms with Gasteiger partial charge in [0.25, 0.3) is 0 Å². The predicted molar refractivity (Wildman–Crippen MR) is 144 cm³/mol. The van der Waals surface area contributed by atoms with Crippen molar-refractivity contribution in [3.63, 3.8) is 0 Å². The van der Waals surface area contributed by atoms with E-state index in [0.717, 1.165) is 68.2 Å². The molecule has 5 nitrogen and oxygen atoms in total. The first-order valence-corrected chi connectivity index (χ1v) is 13.8. The van der Waals surface area contributed by atoms with Crippen molar-refractivity contribution in [2.45, 2.75) is 102 Å². The molecular formula is C31H44O5. The van der Waals surface area contributed by atoms with Crippen LogP contribution in [0.15, 0.2) is 42.5 Å². The van der Waals surface area contributed by atoms with Crippen molar-refractivity contribution in [1.82, 2.24) is 0 Å². The molecule has 3 rings (SSSR count). The van der Waals surface area contributed by atoms with Crippen LogP contribution in [0.5, 0.6) is 17.2 Å². The average molecular weight is 497 g/mol. The van der Waals surface area contributed by atoms with Crippen molar-refractivity contribution in [3.05, 3.63) is 53.6 Å². The fourth-order valence-corrected chi connectivity index (χ4v) is 5.67. The highest BCUT2D eigenvalue weighted by Crippen LogP contribution is 2.49. The number of rotatable bonds is 15. The van der Waals surface area contributed by atoms with Gasteiger partial charge in [0, 0.05) is 17.4 Å². The second-order valence-electron chi connectivity index (χ2n) is 10.8. The first-order valence-electron chi connectivity index (χ1n) is 13.8. The molecule has 2 aromatic carbocycles. The molecule has 0 saturated heterocycles. The number of aromatic hydroxyl groups is 2. The van der Waals surface area contributed by atoms with Crippen molar-refractivity contribution in [3.8, 4) is 17.2 Å². The Morgan fingerprint density at radius 3 is 2.19 bits per heavy atom. The number of aliphatic carboxylic acids is 1. The number of unbranched alkanes of at least 4 members (excludes halogenated alkanes) is 7. The van der Waals surface area contributed by atoms with Crippen LogP contribution in [0.25, 0.3) is 0 Å². The molecule has 2 aromatic rings. The van der Waals surface area contributed by atoms with Crippen LogP contribution < -0.4 is 4.74 Å². The largest absolute Gasteiger partial charge is 0.508 e. The van der Waals surface area contributed by atoms with Gasteiger partial charge in [0.15, 0.2) is 0 Å². The maximum atomic E-state index is 11.4. The van der Waals surface area contributed by atoms with Gasteiger partial charge in [0.1, 0.15) is 17.2 Å². The van der Waals surface area contributed by atoms with Crippen molar-refractivity contribution in [2.24, 2.45) is 5.92 Å². The molecule has 0 radical (unpaired) electrons. The van der Waals surface area contributed by atoms with Gasteiger partial charge in [-0.25, -0.2) is 0 Å². The summed E-state index contributed by atoms with van der Waals surface area (Å²) in [6.45, 7) is 4.89. The smallest absolute Gasteiger partial charge is 0.306 e. The van der Waals surface area contributed by atoms with E-state index in [2.05, 4.69) is 13.8 Å². The number of benzene rings is 2. The first-order chi connectivity index (χ1) is 17.3. The summed E-state index contributed by atoms with van der Waals surface area (Å²) in [6, 6.07) is 12.9. The molecule has 3 N–H and O–H groups in total. The molecule has 36 heavy (non-hydrogen) atoms. The van der Waals surface area contributed by atoms with Crippen LogP contribution in [0, 0.1) is 5.92 Å². The Balaban J connectivity index is 1.48. The number of carboxylic acids is 1. The van der Waals surface area contributed by atoms with E-state index in [1.807, 2.05) is 18.2 Å². The lowest BCUT2D eigenvalue weighted by atomic mass is 9.66. The maximum Gasteiger partial charge on any atom is 0.306 e. The van der Waals surface area contributed by atoms with Crippen molar-refractivity contribution >= 4 is 5.97 Å². The molecule has 0 aliphatic carbocycles. The predicted octanol–water partition coefficient (Wildman–Crippen LogP) is 7.93. The van der Waals surface area contributed by atoms with Crippen LogP contribution in [-0.4, -0.2) is 27.9 Å². The van der Waals surface area contributed by atoms with Gasteiger partial charge in [0.05, 0.1) is 12.5 Å². The molecule has 198 valence electrons. The minimum atomic E-state index is -0.632. The fraction of sp³-hybridized carbons (Fsp3) is 0.581. The van der Waals surface area contributed by atoms with E-state index in [4.69, 9.17) is 4.74 Å². The van der Waals surface area contributed by atoms with Gasteiger partial charge in [-0.2, -0.15) is 0 Å². The highest BCUT2D eigenvalue weighted by molar-refractivity contribution is 5.69. The van der Waals surface area contributed by atoms with E-state index in [-0.39, 0.29) is 28.7 Å². The van der Waals surface area contributed by atoms with E-state index in [1.54, 1.807) is 24.3 Å². The first kappa shape index (κ1) is 27.9. The molecule has 1 aliphatic rings. The minimum absolute atomic E-state index is 0.169. The lowest BCUT2D eigenvalue weighted by Gasteiger charge is -2.43. The number of hydrogen-bond acceptors (Lipinski definition) is 4. The van der Waals surface area contributed by atoms with E-state index < -0.39 is 5.97 Å². The summed E-state index contributed by atoms with van der Waals surface area (Å²) in [5, 5.41) is 29.1. The second kappa shape index (κ2) is 13.6. The van der Waals surface area contributed by atoms with Crippen molar-refractivity contribution in [2.75, 3.05) is 6.61 Å². The zero-order valence-corrected chi connectivity index (χ0v) is 22.0. The number of phenolic OH excluding ortho intramolecular Hbond substituents is 2. The van der Waals surface area contributed by atoms with Crippen LogP contribution in [0.1, 0.15) is 108 Å². The summed E-state index contributed by atoms with van der Waals surface area (Å²) in [5.74, 6) is 0.725. The monoisotopic (exact) mass is 496 g/mol. The Bertz CT molecular complexity index is 954. The van der Waals surface area contributed by atoms with Gasteiger partial charge in [-0.05, 0) is 48.6 Å². The number of ether oxygens (including phenoxy) is 1. The van der Waals surface area contributed by atoms with Crippen LogP contribution in [-0.2, 0) is 10.2 Å². The van der Waals surface area contributed by atoms with Crippen molar-refractivity contribution in [1.29, 1.82) is 0 Å². The molecule has 0 bridgehead atoms. The summed E-state index contributed by atoms with van der Waals surface area (Å²) >= 11 is 0. The third-order valence-corrected chi connectivity index (χ3v) is 8.00. The van der Waals surface area contributed by atoms with Gasteiger partial charge in [-0.1, -0.05) is 89.8 Å². The third-order valence-electron chi connectivity index (χ3n) is 8.00. The molecule has 0 spiro atoms. The van der Waals surface area contributed by atoms with Gasteiger partial charge in [-0.15, -0.1) is 0 Å². The standard InChI is InChI=1S/C31H44O5/c1-3-4-12-23(30(34)35)13-10-8-6-5-7-9-11-14-28-27-20-19-26(33)21-29(27)36-22-31(28,2)24-15-17-25(32)18-16-24/h15-21,23,28,32-33H,3-14,22H2,1-2H3,(H,34,35). The van der Waals surface area contributed by atoms with Gasteiger partial charge in [-0.3, -0.25) is 4.79 Å². The van der Waals surface area contributed by atoms with Gasteiger partial charge < -0.3 is 20.1 Å². The Kier molecular flexibility index (Phi) is 10.5.